The van der Waals surface area contributed by atoms with Gasteiger partial charge in [-0.1, -0.05) is 23.4 Å². The van der Waals surface area contributed by atoms with Gasteiger partial charge in [0.25, 0.3) is 0 Å². The summed E-state index contributed by atoms with van der Waals surface area (Å²) in [5.74, 6) is 0.850. The Kier molecular flexibility index (Phi) is 3.28. The molecule has 1 aromatic heterocycles. The van der Waals surface area contributed by atoms with Gasteiger partial charge in [-0.3, -0.25) is 0 Å². The van der Waals surface area contributed by atoms with Crippen molar-refractivity contribution in [2.24, 2.45) is 7.05 Å². The summed E-state index contributed by atoms with van der Waals surface area (Å²) in [5, 5.41) is 18.5. The third kappa shape index (κ3) is 2.15. The zero-order valence-corrected chi connectivity index (χ0v) is 12.0. The standard InChI is InChI=1S/C13H14BrN3O2/c1-17-11(13(14)15-16-17)12(18)9-6-7-19-10-5-3-2-4-8(9)10/h2-5,9,12,18H,6-7H2,1H3. The third-order valence-corrected chi connectivity index (χ3v) is 4.06. The van der Waals surface area contributed by atoms with Gasteiger partial charge in [0.15, 0.2) is 4.60 Å². The van der Waals surface area contributed by atoms with Crippen LogP contribution in [0.4, 0.5) is 0 Å². The predicted octanol–water partition coefficient (Wildman–Crippen LogP) is 2.18. The van der Waals surface area contributed by atoms with Crippen LogP contribution in [0.15, 0.2) is 28.9 Å². The topological polar surface area (TPSA) is 60.2 Å². The van der Waals surface area contributed by atoms with Crippen LogP contribution in [-0.2, 0) is 7.05 Å². The number of aliphatic hydroxyl groups excluding tert-OH is 1. The van der Waals surface area contributed by atoms with Gasteiger partial charge in [-0.2, -0.15) is 0 Å². The van der Waals surface area contributed by atoms with Crippen LogP contribution in [0.25, 0.3) is 0 Å². The quantitative estimate of drug-likeness (QED) is 0.920. The molecular formula is C13H14BrN3O2. The van der Waals surface area contributed by atoms with Gasteiger partial charge in [-0.15, -0.1) is 5.10 Å². The number of rotatable bonds is 2. The summed E-state index contributed by atoms with van der Waals surface area (Å²) in [4.78, 5) is 0. The molecule has 5 nitrogen and oxygen atoms in total. The minimum atomic E-state index is -0.653. The molecule has 0 saturated carbocycles. The van der Waals surface area contributed by atoms with Crippen molar-refractivity contribution in [2.75, 3.05) is 6.61 Å². The molecule has 0 spiro atoms. The Labute approximate surface area is 119 Å². The highest BCUT2D eigenvalue weighted by Crippen LogP contribution is 2.42. The molecule has 0 saturated heterocycles. The van der Waals surface area contributed by atoms with Crippen molar-refractivity contribution in [1.82, 2.24) is 15.0 Å². The van der Waals surface area contributed by atoms with E-state index >= 15 is 0 Å². The first kappa shape index (κ1) is 12.6. The third-order valence-electron chi connectivity index (χ3n) is 3.49. The number of benzene rings is 1. The Hall–Kier alpha value is -1.40. The molecule has 2 atom stereocenters. The van der Waals surface area contributed by atoms with Gasteiger partial charge < -0.3 is 9.84 Å². The van der Waals surface area contributed by atoms with Crippen molar-refractivity contribution in [2.45, 2.75) is 18.4 Å². The number of para-hydroxylation sites is 1. The Bertz CT molecular complexity index is 580. The minimum Gasteiger partial charge on any atom is -0.493 e. The molecule has 0 aliphatic carbocycles. The maximum Gasteiger partial charge on any atom is 0.154 e. The number of aryl methyl sites for hydroxylation is 1. The van der Waals surface area contributed by atoms with Crippen molar-refractivity contribution in [3.8, 4) is 5.75 Å². The van der Waals surface area contributed by atoms with E-state index in [-0.39, 0.29) is 5.92 Å². The van der Waals surface area contributed by atoms with Crippen molar-refractivity contribution >= 4 is 15.9 Å². The Morgan fingerprint density at radius 3 is 3.00 bits per heavy atom. The normalized spacial score (nSPS) is 19.6. The minimum absolute atomic E-state index is 0.00144. The van der Waals surface area contributed by atoms with E-state index in [0.717, 1.165) is 17.7 Å². The van der Waals surface area contributed by atoms with Crippen LogP contribution in [-0.4, -0.2) is 26.7 Å². The molecule has 0 amide bonds. The maximum atomic E-state index is 10.7. The second-order valence-corrected chi connectivity index (χ2v) is 5.37. The van der Waals surface area contributed by atoms with Crippen LogP contribution in [0, 0.1) is 0 Å². The van der Waals surface area contributed by atoms with Crippen molar-refractivity contribution in [1.29, 1.82) is 0 Å². The summed E-state index contributed by atoms with van der Waals surface area (Å²) >= 11 is 3.34. The first-order valence-corrected chi connectivity index (χ1v) is 6.92. The molecule has 1 aliphatic rings. The molecule has 2 aromatic rings. The number of hydrogen-bond donors (Lipinski definition) is 1. The fourth-order valence-corrected chi connectivity index (χ4v) is 3.10. The molecule has 6 heteroatoms. The van der Waals surface area contributed by atoms with E-state index in [2.05, 4.69) is 26.2 Å². The van der Waals surface area contributed by atoms with Crippen molar-refractivity contribution in [3.63, 3.8) is 0 Å². The molecule has 1 aromatic carbocycles. The molecule has 0 bridgehead atoms. The van der Waals surface area contributed by atoms with E-state index < -0.39 is 6.10 Å². The van der Waals surface area contributed by atoms with E-state index in [4.69, 9.17) is 4.74 Å². The number of aliphatic hydroxyl groups is 1. The van der Waals surface area contributed by atoms with Crippen LogP contribution in [0.3, 0.4) is 0 Å². The Morgan fingerprint density at radius 2 is 2.26 bits per heavy atom. The lowest BCUT2D eigenvalue weighted by Gasteiger charge is -2.29. The van der Waals surface area contributed by atoms with Gasteiger partial charge in [0.05, 0.1) is 6.61 Å². The van der Waals surface area contributed by atoms with Gasteiger partial charge >= 0.3 is 0 Å². The summed E-state index contributed by atoms with van der Waals surface area (Å²) < 4.78 is 7.81. The van der Waals surface area contributed by atoms with Gasteiger partial charge in [0.1, 0.15) is 17.5 Å². The molecular weight excluding hydrogens is 310 g/mol. The maximum absolute atomic E-state index is 10.7. The number of fused-ring (bicyclic) bond motifs is 1. The Balaban J connectivity index is 2.00. The fraction of sp³-hybridized carbons (Fsp3) is 0.385. The fourth-order valence-electron chi connectivity index (χ4n) is 2.54. The molecule has 0 radical (unpaired) electrons. The number of nitrogens with zero attached hydrogens (tertiary/aromatic N) is 3. The Morgan fingerprint density at radius 1 is 1.47 bits per heavy atom. The second kappa shape index (κ2) is 4.94. The molecule has 1 aliphatic heterocycles. The molecule has 3 rings (SSSR count). The summed E-state index contributed by atoms with van der Waals surface area (Å²) in [6, 6.07) is 7.84. The van der Waals surface area contributed by atoms with E-state index in [1.807, 2.05) is 24.3 Å². The zero-order chi connectivity index (χ0) is 13.4. The van der Waals surface area contributed by atoms with Crippen molar-refractivity contribution in [3.05, 3.63) is 40.1 Å². The molecule has 2 unspecified atom stereocenters. The summed E-state index contributed by atoms with van der Waals surface area (Å²) in [6.07, 6.45) is 0.120. The lowest BCUT2D eigenvalue weighted by atomic mass is 9.87. The highest BCUT2D eigenvalue weighted by Gasteiger charge is 2.32. The summed E-state index contributed by atoms with van der Waals surface area (Å²) in [6.45, 7) is 0.613. The number of halogens is 1. The van der Waals surface area contributed by atoms with Crippen LogP contribution in [0.1, 0.15) is 29.7 Å². The average molecular weight is 324 g/mol. The van der Waals surface area contributed by atoms with E-state index in [0.29, 0.717) is 16.9 Å². The monoisotopic (exact) mass is 323 g/mol. The van der Waals surface area contributed by atoms with Crippen LogP contribution in [0.5, 0.6) is 5.75 Å². The molecule has 100 valence electrons. The lowest BCUT2D eigenvalue weighted by Crippen LogP contribution is -2.21. The van der Waals surface area contributed by atoms with Crippen LogP contribution >= 0.6 is 15.9 Å². The summed E-state index contributed by atoms with van der Waals surface area (Å²) in [7, 11) is 1.78. The SMILES string of the molecule is Cn1nnc(Br)c1C(O)C1CCOc2ccccc21. The highest BCUT2D eigenvalue weighted by atomic mass is 79.9. The van der Waals surface area contributed by atoms with E-state index in [1.54, 1.807) is 11.7 Å². The molecule has 2 heterocycles. The largest absolute Gasteiger partial charge is 0.493 e. The van der Waals surface area contributed by atoms with Gasteiger partial charge in [-0.25, -0.2) is 4.68 Å². The van der Waals surface area contributed by atoms with E-state index in [1.165, 1.54) is 0 Å². The second-order valence-electron chi connectivity index (χ2n) is 4.62. The van der Waals surface area contributed by atoms with Crippen molar-refractivity contribution < 1.29 is 9.84 Å². The van der Waals surface area contributed by atoms with Gasteiger partial charge in [-0.05, 0) is 28.4 Å². The van der Waals surface area contributed by atoms with Gasteiger partial charge in [0, 0.05) is 18.5 Å². The highest BCUT2D eigenvalue weighted by molar-refractivity contribution is 9.10. The number of ether oxygens (including phenoxy) is 1. The molecule has 1 N–H and O–H groups in total. The molecule has 19 heavy (non-hydrogen) atoms. The average Bonchev–Trinajstić information content (AvgIpc) is 2.77. The zero-order valence-electron chi connectivity index (χ0n) is 10.5. The number of aromatic nitrogens is 3. The van der Waals surface area contributed by atoms with Crippen LogP contribution < -0.4 is 4.74 Å². The number of hydrogen-bond acceptors (Lipinski definition) is 4. The van der Waals surface area contributed by atoms with E-state index in [9.17, 15) is 5.11 Å². The molecule has 0 fully saturated rings. The predicted molar refractivity (Wildman–Crippen MR) is 73.0 cm³/mol. The first-order valence-electron chi connectivity index (χ1n) is 6.13. The smallest absolute Gasteiger partial charge is 0.154 e. The van der Waals surface area contributed by atoms with Gasteiger partial charge in [0.2, 0.25) is 0 Å². The van der Waals surface area contributed by atoms with Crippen LogP contribution in [0.2, 0.25) is 0 Å². The lowest BCUT2D eigenvalue weighted by molar-refractivity contribution is 0.109. The summed E-state index contributed by atoms with van der Waals surface area (Å²) in [5.41, 5.74) is 1.73. The first-order chi connectivity index (χ1) is 9.18.